The predicted molar refractivity (Wildman–Crippen MR) is 130 cm³/mol. The number of likely N-dealkylation sites (tertiary alicyclic amines) is 1. The molecule has 2 heterocycles. The van der Waals surface area contributed by atoms with E-state index in [1.165, 1.54) is 0 Å². The quantitative estimate of drug-likeness (QED) is 0.513. The number of aryl methyl sites for hydroxylation is 2. The van der Waals surface area contributed by atoms with E-state index in [-0.39, 0.29) is 17.5 Å². The third-order valence-corrected chi connectivity index (χ3v) is 7.11. The van der Waals surface area contributed by atoms with Crippen molar-refractivity contribution in [1.29, 1.82) is 0 Å². The maximum Gasteiger partial charge on any atom is 0.254 e. The minimum Gasteiger partial charge on any atom is -0.486 e. The lowest BCUT2D eigenvalue weighted by Gasteiger charge is -2.44. The van der Waals surface area contributed by atoms with Gasteiger partial charge in [-0.1, -0.05) is 48.5 Å². The number of ketones is 2. The SMILES string of the molecule is Cc1cc2c(cc1C)C(=O)CC1(CCN(C(=O)c3ccccc3C(=O)c3ccccc3)CC1)O2. The summed E-state index contributed by atoms with van der Waals surface area (Å²) in [5.74, 6) is 0.422. The Bertz CT molecular complexity index is 1290. The molecule has 0 aliphatic carbocycles. The van der Waals surface area contributed by atoms with Crippen LogP contribution in [0.1, 0.15) is 67.0 Å². The first kappa shape index (κ1) is 22.1. The molecule has 1 amide bonds. The van der Waals surface area contributed by atoms with E-state index in [0.29, 0.717) is 60.4 Å². The summed E-state index contributed by atoms with van der Waals surface area (Å²) in [5.41, 5.74) is 3.61. The Hall–Kier alpha value is -3.73. The molecule has 2 aliphatic rings. The number of carbonyl (C=O) groups is 3. The van der Waals surface area contributed by atoms with Crippen molar-refractivity contribution in [3.8, 4) is 5.75 Å². The molecule has 1 fully saturated rings. The van der Waals surface area contributed by atoms with Gasteiger partial charge in [0.2, 0.25) is 0 Å². The number of carbonyl (C=O) groups excluding carboxylic acids is 3. The number of hydrogen-bond donors (Lipinski definition) is 0. The molecule has 5 nitrogen and oxygen atoms in total. The van der Waals surface area contributed by atoms with Crippen LogP contribution in [0, 0.1) is 13.8 Å². The average molecular weight is 454 g/mol. The van der Waals surface area contributed by atoms with Gasteiger partial charge in [0.15, 0.2) is 11.6 Å². The Morgan fingerprint density at radius 3 is 2.18 bits per heavy atom. The second-order valence-corrected chi connectivity index (χ2v) is 9.35. The highest BCUT2D eigenvalue weighted by Gasteiger charge is 2.44. The first-order chi connectivity index (χ1) is 16.4. The van der Waals surface area contributed by atoms with Gasteiger partial charge in [-0.25, -0.2) is 0 Å². The molecule has 0 aromatic heterocycles. The van der Waals surface area contributed by atoms with Crippen molar-refractivity contribution in [1.82, 2.24) is 4.90 Å². The number of hydrogen-bond acceptors (Lipinski definition) is 4. The van der Waals surface area contributed by atoms with Crippen LogP contribution >= 0.6 is 0 Å². The maximum atomic E-state index is 13.4. The van der Waals surface area contributed by atoms with E-state index in [4.69, 9.17) is 4.74 Å². The molecule has 5 heteroatoms. The zero-order valence-electron chi connectivity index (χ0n) is 19.5. The van der Waals surface area contributed by atoms with Gasteiger partial charge in [-0.2, -0.15) is 0 Å². The highest BCUT2D eigenvalue weighted by atomic mass is 16.5. The molecule has 0 atom stereocenters. The third kappa shape index (κ3) is 3.92. The number of rotatable bonds is 3. The number of nitrogens with zero attached hydrogens (tertiary/aromatic N) is 1. The highest BCUT2D eigenvalue weighted by Crippen LogP contribution is 2.40. The van der Waals surface area contributed by atoms with Crippen molar-refractivity contribution in [2.24, 2.45) is 0 Å². The van der Waals surface area contributed by atoms with Gasteiger partial charge in [0.25, 0.3) is 5.91 Å². The molecule has 0 saturated carbocycles. The fourth-order valence-corrected chi connectivity index (χ4v) is 4.93. The van der Waals surface area contributed by atoms with Crippen molar-refractivity contribution < 1.29 is 19.1 Å². The van der Waals surface area contributed by atoms with Gasteiger partial charge < -0.3 is 9.64 Å². The summed E-state index contributed by atoms with van der Waals surface area (Å²) in [7, 11) is 0. The van der Waals surface area contributed by atoms with Crippen LogP contribution in [0.4, 0.5) is 0 Å². The van der Waals surface area contributed by atoms with E-state index < -0.39 is 5.60 Å². The normalized spacial score (nSPS) is 16.6. The lowest BCUT2D eigenvalue weighted by Crippen LogP contribution is -2.52. The van der Waals surface area contributed by atoms with Gasteiger partial charge in [0.05, 0.1) is 17.5 Å². The second kappa shape index (κ2) is 8.56. The summed E-state index contributed by atoms with van der Waals surface area (Å²) < 4.78 is 6.41. The van der Waals surface area contributed by atoms with Crippen molar-refractivity contribution in [2.45, 2.75) is 38.7 Å². The van der Waals surface area contributed by atoms with E-state index in [1.807, 2.05) is 44.2 Å². The van der Waals surface area contributed by atoms with E-state index in [0.717, 1.165) is 11.1 Å². The molecule has 3 aromatic carbocycles. The number of benzene rings is 3. The van der Waals surface area contributed by atoms with Gasteiger partial charge in [0, 0.05) is 37.1 Å². The molecule has 5 rings (SSSR count). The molecule has 1 saturated heterocycles. The molecule has 34 heavy (non-hydrogen) atoms. The number of amides is 1. The maximum absolute atomic E-state index is 13.4. The van der Waals surface area contributed by atoms with Gasteiger partial charge in [-0.15, -0.1) is 0 Å². The lowest BCUT2D eigenvalue weighted by molar-refractivity contribution is -0.00579. The molecule has 0 N–H and O–H groups in total. The fraction of sp³-hybridized carbons (Fsp3) is 0.276. The van der Waals surface area contributed by atoms with Gasteiger partial charge >= 0.3 is 0 Å². The lowest BCUT2D eigenvalue weighted by atomic mass is 9.81. The molecule has 0 radical (unpaired) electrons. The van der Waals surface area contributed by atoms with E-state index in [9.17, 15) is 14.4 Å². The molecule has 2 aliphatic heterocycles. The Labute approximate surface area is 199 Å². The van der Waals surface area contributed by atoms with E-state index in [2.05, 4.69) is 0 Å². The van der Waals surface area contributed by atoms with Gasteiger partial charge in [0.1, 0.15) is 11.4 Å². The van der Waals surface area contributed by atoms with Crippen LogP contribution < -0.4 is 4.74 Å². The van der Waals surface area contributed by atoms with Crippen LogP contribution in [0.2, 0.25) is 0 Å². The van der Waals surface area contributed by atoms with Crippen molar-refractivity contribution in [2.75, 3.05) is 13.1 Å². The second-order valence-electron chi connectivity index (χ2n) is 9.35. The van der Waals surface area contributed by atoms with Crippen LogP contribution in [0.3, 0.4) is 0 Å². The van der Waals surface area contributed by atoms with Crippen LogP contribution in [0.25, 0.3) is 0 Å². The molecular formula is C29H27NO4. The minimum atomic E-state index is -0.581. The summed E-state index contributed by atoms with van der Waals surface area (Å²) >= 11 is 0. The number of piperidine rings is 1. The Kier molecular flexibility index (Phi) is 5.56. The van der Waals surface area contributed by atoms with Crippen LogP contribution in [-0.2, 0) is 0 Å². The summed E-state index contributed by atoms with van der Waals surface area (Å²) in [5, 5.41) is 0. The predicted octanol–water partition coefficient (Wildman–Crippen LogP) is 5.17. The first-order valence-corrected chi connectivity index (χ1v) is 11.7. The smallest absolute Gasteiger partial charge is 0.254 e. The first-order valence-electron chi connectivity index (χ1n) is 11.7. The van der Waals surface area contributed by atoms with Crippen LogP contribution in [-0.4, -0.2) is 41.1 Å². The molecule has 1 spiro atoms. The Morgan fingerprint density at radius 2 is 1.47 bits per heavy atom. The summed E-state index contributed by atoms with van der Waals surface area (Å²) in [6.07, 6.45) is 1.48. The highest BCUT2D eigenvalue weighted by molar-refractivity contribution is 6.15. The third-order valence-electron chi connectivity index (χ3n) is 7.11. The molecule has 172 valence electrons. The van der Waals surface area contributed by atoms with Crippen LogP contribution in [0.15, 0.2) is 66.7 Å². The summed E-state index contributed by atoms with van der Waals surface area (Å²) in [4.78, 5) is 41.2. The van der Waals surface area contributed by atoms with Crippen molar-refractivity contribution in [3.05, 3.63) is 100 Å². The van der Waals surface area contributed by atoms with E-state index in [1.54, 1.807) is 41.3 Å². The zero-order chi connectivity index (χ0) is 23.9. The number of Topliss-reactive ketones (excluding diaryl/α,β-unsaturated/α-hetero) is 1. The molecule has 3 aromatic rings. The van der Waals surface area contributed by atoms with E-state index >= 15 is 0 Å². The van der Waals surface area contributed by atoms with Crippen LogP contribution in [0.5, 0.6) is 5.75 Å². The number of fused-ring (bicyclic) bond motifs is 1. The Balaban J connectivity index is 1.34. The molecule has 0 bridgehead atoms. The van der Waals surface area contributed by atoms with Gasteiger partial charge in [-0.05, 0) is 43.2 Å². The standard InChI is InChI=1S/C29H27NO4/c1-19-16-24-25(31)18-29(34-26(24)17-20(19)2)12-14-30(15-13-29)28(33)23-11-7-6-10-22(23)27(32)21-8-4-3-5-9-21/h3-11,16-17H,12-15,18H2,1-2H3. The minimum absolute atomic E-state index is 0.0999. The largest absolute Gasteiger partial charge is 0.486 e. The summed E-state index contributed by atoms with van der Waals surface area (Å²) in [6, 6.07) is 19.8. The molecular weight excluding hydrogens is 426 g/mol. The van der Waals surface area contributed by atoms with Crippen molar-refractivity contribution >= 4 is 17.5 Å². The van der Waals surface area contributed by atoms with Gasteiger partial charge in [-0.3, -0.25) is 14.4 Å². The Morgan fingerprint density at radius 1 is 0.853 bits per heavy atom. The monoisotopic (exact) mass is 453 g/mol. The summed E-state index contributed by atoms with van der Waals surface area (Å²) in [6.45, 7) is 4.96. The topological polar surface area (TPSA) is 63.7 Å². The zero-order valence-corrected chi connectivity index (χ0v) is 19.5. The fourth-order valence-electron chi connectivity index (χ4n) is 4.93. The van der Waals surface area contributed by atoms with Crippen molar-refractivity contribution in [3.63, 3.8) is 0 Å². The molecule has 0 unspecified atom stereocenters. The number of ether oxygens (including phenoxy) is 1. The average Bonchev–Trinajstić information content (AvgIpc) is 2.85.